The first-order chi connectivity index (χ1) is 17.4. The number of alkyl halides is 2. The van der Waals surface area contributed by atoms with Crippen LogP contribution < -0.4 is 0 Å². The van der Waals surface area contributed by atoms with E-state index in [0.29, 0.717) is 0 Å². The predicted octanol–water partition coefficient (Wildman–Crippen LogP) is 9.49. The van der Waals surface area contributed by atoms with Crippen LogP contribution in [0.5, 0.6) is 0 Å². The van der Waals surface area contributed by atoms with Crippen LogP contribution in [0.2, 0.25) is 0 Å². The number of thioether (sulfide) groups is 2. The fraction of sp³-hybridized carbons (Fsp3) is 0.0526. The van der Waals surface area contributed by atoms with Gasteiger partial charge in [0, 0.05) is 0 Å². The maximum Gasteiger partial charge on any atom is 0.285 e. The molecule has 0 fully saturated rings. The number of hydrogen-bond acceptors (Lipinski definition) is 3. The second-order valence-corrected chi connectivity index (χ2v) is 11.1. The van der Waals surface area contributed by atoms with Crippen LogP contribution in [0.4, 0.5) is 65.9 Å². The van der Waals surface area contributed by atoms with E-state index in [4.69, 9.17) is 11.6 Å². The van der Waals surface area contributed by atoms with Gasteiger partial charge in [0.1, 0.15) is 0 Å². The summed E-state index contributed by atoms with van der Waals surface area (Å²) in [6.07, 6.45) is 0. The molecule has 0 heterocycles. The van der Waals surface area contributed by atoms with E-state index in [-0.39, 0.29) is 0 Å². The highest BCUT2D eigenvalue weighted by Crippen LogP contribution is 2.53. The van der Waals surface area contributed by atoms with Gasteiger partial charge in [0.2, 0.25) is 11.6 Å². The van der Waals surface area contributed by atoms with Gasteiger partial charge in [-0.25, -0.2) is 65.9 Å². The molecule has 0 nitrogen and oxygen atoms in total. The maximum absolute atomic E-state index is 14.7. The van der Waals surface area contributed by atoms with Gasteiger partial charge in [-0.3, -0.25) is 0 Å². The summed E-state index contributed by atoms with van der Waals surface area (Å²) in [4.78, 5) is -8.04. The Morgan fingerprint density at radius 1 is 0.342 bits per heavy atom. The van der Waals surface area contributed by atoms with Crippen molar-refractivity contribution in [2.75, 3.05) is 0 Å². The van der Waals surface area contributed by atoms with Crippen molar-refractivity contribution >= 4 is 46.9 Å². The molecule has 0 aliphatic heterocycles. The standard InChI is InChI=1S/C19ClF15S3/c20-19(35,37-17-9(29)5(25)2(22)6(26)10(17)30)38-18-13(33)11(31)16(12(32)14(18)34)36-15-7(27)3(23)1(21)4(24)8(15)28. The van der Waals surface area contributed by atoms with Crippen molar-refractivity contribution in [1.82, 2.24) is 0 Å². The molecule has 0 N–H and O–H groups in total. The smallest absolute Gasteiger partial charge is 0.202 e. The molecule has 0 saturated carbocycles. The Labute approximate surface area is 217 Å². The quantitative estimate of drug-likeness (QED) is 0.0655. The molecule has 206 valence electrons. The summed E-state index contributed by atoms with van der Waals surface area (Å²) in [6.45, 7) is 0. The Balaban J connectivity index is 2.05. The third kappa shape index (κ3) is 5.23. The van der Waals surface area contributed by atoms with E-state index in [0.717, 1.165) is 0 Å². The lowest BCUT2D eigenvalue weighted by Gasteiger charge is -2.19. The number of hydrogen-bond donors (Lipinski definition) is 0. The summed E-state index contributed by atoms with van der Waals surface area (Å²) in [5.74, 6) is -36.4. The Kier molecular flexibility index (Phi) is 8.70. The van der Waals surface area contributed by atoms with E-state index in [9.17, 15) is 65.9 Å². The molecule has 19 heteroatoms. The van der Waals surface area contributed by atoms with Crippen LogP contribution >= 0.6 is 46.9 Å². The average molecular weight is 645 g/mol. The molecule has 3 rings (SSSR count). The normalized spacial score (nSPS) is 13.3. The molecule has 38 heavy (non-hydrogen) atoms. The van der Waals surface area contributed by atoms with Gasteiger partial charge in [-0.1, -0.05) is 46.9 Å². The molecule has 1 unspecified atom stereocenters. The van der Waals surface area contributed by atoms with Crippen LogP contribution in [0.1, 0.15) is 0 Å². The molecule has 1 atom stereocenters. The highest BCUT2D eigenvalue weighted by atomic mass is 35.5. The zero-order valence-corrected chi connectivity index (χ0v) is 20.0. The minimum absolute atomic E-state index is 0.989. The lowest BCUT2D eigenvalue weighted by molar-refractivity contribution is 0.360. The highest BCUT2D eigenvalue weighted by molar-refractivity contribution is 8.19. The largest absolute Gasteiger partial charge is 0.285 e. The third-order valence-electron chi connectivity index (χ3n) is 4.17. The second-order valence-electron chi connectivity index (χ2n) is 6.48. The van der Waals surface area contributed by atoms with E-state index in [1.165, 1.54) is 0 Å². The van der Waals surface area contributed by atoms with Gasteiger partial charge in [0.25, 0.3) is 3.79 Å². The Bertz CT molecular complexity index is 1390. The van der Waals surface area contributed by atoms with E-state index in [1.807, 2.05) is 0 Å². The van der Waals surface area contributed by atoms with Crippen LogP contribution in [0, 0.1) is 81.4 Å². The molecule has 0 aliphatic rings. The Hall–Kier alpha value is -2.05. The molecule has 0 amide bonds. The first-order valence-corrected chi connectivity index (χ1v) is 11.6. The van der Waals surface area contributed by atoms with Crippen molar-refractivity contribution in [2.45, 2.75) is 23.4 Å². The molecular weight excluding hydrogens is 645 g/mol. The first kappa shape index (κ1) is 30.5. The third-order valence-corrected chi connectivity index (χ3v) is 7.86. The molecule has 0 bridgehead atoms. The molecular formula is C19ClF15S3. The van der Waals surface area contributed by atoms with Crippen LogP contribution in [0.3, 0.4) is 0 Å². The van der Waals surface area contributed by atoms with E-state index < -0.39 is 140 Å². The van der Waals surface area contributed by atoms with Crippen LogP contribution in [0.25, 0.3) is 0 Å². The van der Waals surface area contributed by atoms with Gasteiger partial charge >= 0.3 is 0 Å². The Morgan fingerprint density at radius 3 is 0.816 bits per heavy atom. The first-order valence-electron chi connectivity index (χ1n) is 8.75. The second kappa shape index (κ2) is 10.8. The molecule has 0 radical (unpaired) electrons. The molecule has 0 aromatic heterocycles. The van der Waals surface area contributed by atoms with Crippen LogP contribution in [0.15, 0.2) is 19.6 Å². The maximum atomic E-state index is 14.7. The van der Waals surface area contributed by atoms with E-state index in [1.54, 1.807) is 0 Å². The van der Waals surface area contributed by atoms with E-state index in [2.05, 4.69) is 0 Å². The van der Waals surface area contributed by atoms with Gasteiger partial charge in [0.05, 0.1) is 19.6 Å². The van der Waals surface area contributed by atoms with Gasteiger partial charge in [-0.15, -0.1) is 0 Å². The van der Waals surface area contributed by atoms with Crippen LogP contribution in [-0.2, 0) is 0 Å². The molecule has 3 aromatic carbocycles. The summed E-state index contributed by atoms with van der Waals surface area (Å²) >= 11 is 2.06. The molecule has 0 spiro atoms. The predicted molar refractivity (Wildman–Crippen MR) is 104 cm³/mol. The van der Waals surface area contributed by atoms with Crippen molar-refractivity contribution in [1.29, 1.82) is 0 Å². The van der Waals surface area contributed by atoms with Gasteiger partial charge in [-0.05, 0) is 0 Å². The molecule has 3 aromatic rings. The zero-order valence-electron chi connectivity index (χ0n) is 16.8. The lowest BCUT2D eigenvalue weighted by atomic mass is 10.3. The number of rotatable bonds is 6. The van der Waals surface area contributed by atoms with E-state index >= 15 is 0 Å². The van der Waals surface area contributed by atoms with Crippen molar-refractivity contribution in [3.8, 4) is 0 Å². The number of halogens is 16. The van der Waals surface area contributed by atoms with Crippen molar-refractivity contribution in [3.05, 3.63) is 81.4 Å². The van der Waals surface area contributed by atoms with Gasteiger partial charge < -0.3 is 0 Å². The summed E-state index contributed by atoms with van der Waals surface area (Å²) in [5.41, 5.74) is 0. The van der Waals surface area contributed by atoms with Gasteiger partial charge in [0.15, 0.2) is 69.8 Å². The fourth-order valence-electron chi connectivity index (χ4n) is 2.48. The van der Waals surface area contributed by atoms with Crippen LogP contribution in [-0.4, -0.2) is 3.79 Å². The average Bonchev–Trinajstić information content (AvgIpc) is 2.87. The summed E-state index contributed by atoms with van der Waals surface area (Å²) in [6, 6.07) is 0. The van der Waals surface area contributed by atoms with Crippen molar-refractivity contribution in [3.63, 3.8) is 0 Å². The lowest BCUT2D eigenvalue weighted by Crippen LogP contribution is -2.11. The number of benzene rings is 3. The SMILES string of the molecule is Fc1c(F)c(F)c(Sc2c(F)c(F)c(SC(F)(Cl)Sc3c(F)c(F)c(F)c(F)c3F)c(F)c2F)c(F)c1F. The van der Waals surface area contributed by atoms with Gasteiger partial charge in [-0.2, -0.15) is 0 Å². The molecule has 0 aliphatic carbocycles. The minimum Gasteiger partial charge on any atom is -0.202 e. The summed E-state index contributed by atoms with van der Waals surface area (Å²) in [7, 11) is 0. The van der Waals surface area contributed by atoms with Crippen molar-refractivity contribution in [2.24, 2.45) is 0 Å². The monoisotopic (exact) mass is 644 g/mol. The zero-order chi connectivity index (χ0) is 29.0. The fourth-order valence-corrected chi connectivity index (χ4v) is 5.72. The van der Waals surface area contributed by atoms with Crippen molar-refractivity contribution < 1.29 is 65.9 Å². The topological polar surface area (TPSA) is 0 Å². The minimum atomic E-state index is -4.03. The highest BCUT2D eigenvalue weighted by Gasteiger charge is 2.40. The summed E-state index contributed by atoms with van der Waals surface area (Å²) < 4.78 is 203. The Morgan fingerprint density at radius 2 is 0.526 bits per heavy atom. The summed E-state index contributed by atoms with van der Waals surface area (Å²) in [5, 5.41) is 0. The molecule has 0 saturated heterocycles.